The molecule has 1 amide bonds. The van der Waals surface area contributed by atoms with Crippen molar-refractivity contribution in [1.82, 2.24) is 4.90 Å². The summed E-state index contributed by atoms with van der Waals surface area (Å²) >= 11 is 0. The Morgan fingerprint density at radius 1 is 1.25 bits per heavy atom. The molecular weight excluding hydrogens is 310 g/mol. The fourth-order valence-electron chi connectivity index (χ4n) is 2.77. The summed E-state index contributed by atoms with van der Waals surface area (Å²) in [6.07, 6.45) is 1.52. The predicted molar refractivity (Wildman–Crippen MR) is 89.2 cm³/mol. The molecule has 0 atom stereocenters. The summed E-state index contributed by atoms with van der Waals surface area (Å²) in [6.45, 7) is 5.13. The maximum Gasteiger partial charge on any atom is 0.323 e. The third-order valence-corrected chi connectivity index (χ3v) is 4.32. The zero-order valence-corrected chi connectivity index (χ0v) is 14.3. The lowest BCUT2D eigenvalue weighted by atomic mass is 10.1. The minimum atomic E-state index is -0.995. The number of carboxylic acid groups (broad SMARTS) is 1. The first-order valence-corrected chi connectivity index (χ1v) is 8.26. The molecule has 0 radical (unpaired) electrons. The van der Waals surface area contributed by atoms with Crippen molar-refractivity contribution in [3.63, 3.8) is 0 Å². The number of hydrogen-bond donors (Lipinski definition) is 1. The number of benzene rings is 1. The first kappa shape index (κ1) is 18.3. The summed E-state index contributed by atoms with van der Waals surface area (Å²) in [4.78, 5) is 24.9. The number of ether oxygens (including phenoxy) is 2. The molecule has 2 rings (SSSR count). The average molecular weight is 335 g/mol. The van der Waals surface area contributed by atoms with Gasteiger partial charge in [-0.1, -0.05) is 6.07 Å². The van der Waals surface area contributed by atoms with Gasteiger partial charge in [-0.05, 0) is 49.9 Å². The van der Waals surface area contributed by atoms with Gasteiger partial charge >= 0.3 is 5.97 Å². The van der Waals surface area contributed by atoms with E-state index in [2.05, 4.69) is 0 Å². The Morgan fingerprint density at radius 3 is 2.58 bits per heavy atom. The summed E-state index contributed by atoms with van der Waals surface area (Å²) in [5, 5.41) is 9.07. The van der Waals surface area contributed by atoms with Crippen LogP contribution in [-0.4, -0.2) is 54.3 Å². The second-order valence-electron chi connectivity index (χ2n) is 6.10. The van der Waals surface area contributed by atoms with E-state index in [0.717, 1.165) is 11.3 Å². The third-order valence-electron chi connectivity index (χ3n) is 4.32. The maximum atomic E-state index is 12.4. The normalized spacial score (nSPS) is 15.1. The second kappa shape index (κ2) is 8.68. The summed E-state index contributed by atoms with van der Waals surface area (Å²) in [5.74, 6) is -0.459. The van der Waals surface area contributed by atoms with Gasteiger partial charge < -0.3 is 19.5 Å². The molecule has 1 aliphatic heterocycles. The van der Waals surface area contributed by atoms with Crippen molar-refractivity contribution >= 4 is 11.9 Å². The molecule has 0 unspecified atom stereocenters. The van der Waals surface area contributed by atoms with Crippen LogP contribution in [-0.2, 0) is 14.3 Å². The Morgan fingerprint density at radius 2 is 1.96 bits per heavy atom. The number of hydrogen-bond acceptors (Lipinski definition) is 4. The fraction of sp³-hybridized carbons (Fsp3) is 0.556. The molecule has 1 heterocycles. The number of carboxylic acids is 1. The van der Waals surface area contributed by atoms with Gasteiger partial charge in [0.15, 0.2) is 0 Å². The van der Waals surface area contributed by atoms with Crippen molar-refractivity contribution in [2.45, 2.75) is 39.2 Å². The largest absolute Gasteiger partial charge is 0.493 e. The van der Waals surface area contributed by atoms with Gasteiger partial charge in [0, 0.05) is 19.3 Å². The van der Waals surface area contributed by atoms with Gasteiger partial charge in [-0.2, -0.15) is 0 Å². The molecule has 1 aromatic carbocycles. The molecule has 6 nitrogen and oxygen atoms in total. The van der Waals surface area contributed by atoms with Crippen LogP contribution in [0.1, 0.15) is 30.4 Å². The Balaban J connectivity index is 1.89. The number of amides is 1. The predicted octanol–water partition coefficient (Wildman–Crippen LogP) is 2.16. The first-order valence-electron chi connectivity index (χ1n) is 8.26. The van der Waals surface area contributed by atoms with Crippen LogP contribution in [0.4, 0.5) is 0 Å². The van der Waals surface area contributed by atoms with E-state index in [-0.39, 0.29) is 31.5 Å². The summed E-state index contributed by atoms with van der Waals surface area (Å²) in [7, 11) is 0. The van der Waals surface area contributed by atoms with Gasteiger partial charge in [0.1, 0.15) is 12.3 Å². The van der Waals surface area contributed by atoms with Gasteiger partial charge in [0.05, 0.1) is 13.0 Å². The van der Waals surface area contributed by atoms with Gasteiger partial charge in [-0.25, -0.2) is 0 Å². The van der Waals surface area contributed by atoms with Crippen LogP contribution in [0.5, 0.6) is 5.75 Å². The Labute approximate surface area is 142 Å². The zero-order chi connectivity index (χ0) is 17.5. The van der Waals surface area contributed by atoms with Crippen molar-refractivity contribution in [1.29, 1.82) is 0 Å². The molecule has 1 fully saturated rings. The number of nitrogens with zero attached hydrogens (tertiary/aromatic N) is 1. The Bertz CT molecular complexity index is 581. The smallest absolute Gasteiger partial charge is 0.323 e. The van der Waals surface area contributed by atoms with E-state index in [9.17, 15) is 9.59 Å². The van der Waals surface area contributed by atoms with Crippen LogP contribution in [0.15, 0.2) is 18.2 Å². The van der Waals surface area contributed by atoms with Crippen LogP contribution in [0.3, 0.4) is 0 Å². The maximum absolute atomic E-state index is 12.4. The van der Waals surface area contributed by atoms with Gasteiger partial charge in [-0.3, -0.25) is 9.59 Å². The van der Waals surface area contributed by atoms with Crippen molar-refractivity contribution in [2.24, 2.45) is 0 Å². The summed E-state index contributed by atoms with van der Waals surface area (Å²) in [5.41, 5.74) is 2.32. The first-order chi connectivity index (χ1) is 11.5. The highest BCUT2D eigenvalue weighted by Crippen LogP contribution is 2.18. The highest BCUT2D eigenvalue weighted by Gasteiger charge is 2.27. The molecule has 1 aliphatic rings. The molecular formula is C18H25NO5. The monoisotopic (exact) mass is 335 g/mol. The van der Waals surface area contributed by atoms with E-state index in [1.807, 2.05) is 32.0 Å². The van der Waals surface area contributed by atoms with Gasteiger partial charge in [-0.15, -0.1) is 0 Å². The third kappa shape index (κ3) is 5.23. The highest BCUT2D eigenvalue weighted by atomic mass is 16.5. The lowest BCUT2D eigenvalue weighted by molar-refractivity contribution is -0.148. The van der Waals surface area contributed by atoms with E-state index < -0.39 is 5.97 Å². The number of rotatable bonds is 7. The number of carbonyl (C=O) groups excluding carboxylic acids is 1. The summed E-state index contributed by atoms with van der Waals surface area (Å²) in [6, 6.07) is 5.72. The van der Waals surface area contributed by atoms with Crippen molar-refractivity contribution in [3.8, 4) is 5.75 Å². The lowest BCUT2D eigenvalue weighted by Crippen LogP contribution is -2.46. The van der Waals surface area contributed by atoms with Gasteiger partial charge in [0.25, 0.3) is 0 Å². The molecule has 1 aromatic rings. The van der Waals surface area contributed by atoms with Crippen LogP contribution in [0.25, 0.3) is 0 Å². The zero-order valence-electron chi connectivity index (χ0n) is 14.3. The highest BCUT2D eigenvalue weighted by molar-refractivity contribution is 5.81. The lowest BCUT2D eigenvalue weighted by Gasteiger charge is -2.33. The Kier molecular flexibility index (Phi) is 6.61. The molecule has 0 spiro atoms. The molecule has 6 heteroatoms. The molecule has 1 N–H and O–H groups in total. The van der Waals surface area contributed by atoms with E-state index in [1.165, 1.54) is 10.5 Å². The number of carbonyl (C=O) groups is 2. The van der Waals surface area contributed by atoms with Gasteiger partial charge in [0.2, 0.25) is 5.91 Å². The number of aryl methyl sites for hydroxylation is 2. The molecule has 0 bridgehead atoms. The molecule has 0 saturated carbocycles. The quantitative estimate of drug-likeness (QED) is 0.826. The molecule has 0 aromatic heterocycles. The van der Waals surface area contributed by atoms with E-state index in [0.29, 0.717) is 26.1 Å². The average Bonchev–Trinajstić information content (AvgIpc) is 2.56. The van der Waals surface area contributed by atoms with Crippen molar-refractivity contribution < 1.29 is 24.2 Å². The topological polar surface area (TPSA) is 76.1 Å². The minimum Gasteiger partial charge on any atom is -0.493 e. The SMILES string of the molecule is Cc1ccc(OCCC(=O)N(CC(=O)O)C2CCOCC2)cc1C. The second-order valence-corrected chi connectivity index (χ2v) is 6.10. The van der Waals surface area contributed by atoms with Crippen LogP contribution in [0, 0.1) is 13.8 Å². The standard InChI is InChI=1S/C18H25NO5/c1-13-3-4-16(11-14(13)2)24-10-7-17(20)19(12-18(21)22)15-5-8-23-9-6-15/h3-4,11,15H,5-10,12H2,1-2H3,(H,21,22). The van der Waals surface area contributed by atoms with Crippen LogP contribution < -0.4 is 4.74 Å². The Hall–Kier alpha value is -2.08. The van der Waals surface area contributed by atoms with E-state index >= 15 is 0 Å². The van der Waals surface area contributed by atoms with Crippen molar-refractivity contribution in [3.05, 3.63) is 29.3 Å². The molecule has 132 valence electrons. The number of aliphatic carboxylic acids is 1. The van der Waals surface area contributed by atoms with E-state index in [4.69, 9.17) is 14.6 Å². The molecule has 0 aliphatic carbocycles. The van der Waals surface area contributed by atoms with Crippen molar-refractivity contribution in [2.75, 3.05) is 26.4 Å². The summed E-state index contributed by atoms with van der Waals surface area (Å²) < 4.78 is 10.9. The molecule has 1 saturated heterocycles. The van der Waals surface area contributed by atoms with Crippen LogP contribution >= 0.6 is 0 Å². The molecule has 24 heavy (non-hydrogen) atoms. The van der Waals surface area contributed by atoms with Crippen LogP contribution in [0.2, 0.25) is 0 Å². The fourth-order valence-corrected chi connectivity index (χ4v) is 2.77. The van der Waals surface area contributed by atoms with E-state index in [1.54, 1.807) is 0 Å². The minimum absolute atomic E-state index is 0.0658.